The molecule has 148 valence electrons. The first-order chi connectivity index (χ1) is 13.5. The highest BCUT2D eigenvalue weighted by Crippen LogP contribution is 2.38. The molecule has 0 bridgehead atoms. The van der Waals surface area contributed by atoms with Gasteiger partial charge in [0, 0.05) is 5.56 Å². The summed E-state index contributed by atoms with van der Waals surface area (Å²) < 4.78 is 24.8. The molecule has 2 saturated heterocycles. The van der Waals surface area contributed by atoms with Gasteiger partial charge in [0.25, 0.3) is 0 Å². The molecule has 4 atom stereocenters. The molecule has 4 rings (SSSR count). The summed E-state index contributed by atoms with van der Waals surface area (Å²) in [5.74, 6) is -0.743. The van der Waals surface area contributed by atoms with Crippen molar-refractivity contribution < 1.29 is 23.7 Å². The van der Waals surface area contributed by atoms with Crippen molar-refractivity contribution in [2.24, 2.45) is 0 Å². The van der Waals surface area contributed by atoms with Crippen LogP contribution >= 0.6 is 0 Å². The third-order valence-corrected chi connectivity index (χ3v) is 4.80. The zero-order valence-corrected chi connectivity index (χ0v) is 16.1. The van der Waals surface area contributed by atoms with Crippen LogP contribution in [0.2, 0.25) is 0 Å². The molecule has 0 saturated carbocycles. The topological polar surface area (TPSA) is 63.0 Å². The molecular weight excluding hydrogens is 358 g/mol. The van der Waals surface area contributed by atoms with E-state index in [9.17, 15) is 5.21 Å². The molecule has 28 heavy (non-hydrogen) atoms. The fourth-order valence-corrected chi connectivity index (χ4v) is 3.58. The van der Waals surface area contributed by atoms with Gasteiger partial charge in [-0.15, -0.1) is 0 Å². The second-order valence-electron chi connectivity index (χ2n) is 7.54. The number of hydroxylamine groups is 1. The van der Waals surface area contributed by atoms with Gasteiger partial charge in [0.2, 0.25) is 0 Å². The maximum atomic E-state index is 12.4. The second kappa shape index (κ2) is 8.01. The summed E-state index contributed by atoms with van der Waals surface area (Å²) in [6.07, 6.45) is -0.387. The number of benzene rings is 2. The molecule has 0 aromatic heterocycles. The van der Waals surface area contributed by atoms with E-state index in [2.05, 4.69) is 0 Å². The normalized spacial score (nSPS) is 29.0. The summed E-state index contributed by atoms with van der Waals surface area (Å²) >= 11 is 0. The third kappa shape index (κ3) is 4.42. The van der Waals surface area contributed by atoms with Crippen molar-refractivity contribution in [3.63, 3.8) is 0 Å². The van der Waals surface area contributed by atoms with Crippen LogP contribution in [-0.4, -0.2) is 41.3 Å². The quantitative estimate of drug-likeness (QED) is 0.332. The van der Waals surface area contributed by atoms with Crippen LogP contribution in [-0.2, 0) is 32.1 Å². The molecule has 2 heterocycles. The number of hydrogen-bond acceptors (Lipinski definition) is 5. The highest BCUT2D eigenvalue weighted by molar-refractivity contribution is 5.60. The minimum Gasteiger partial charge on any atom is -0.624 e. The summed E-state index contributed by atoms with van der Waals surface area (Å²) in [5.41, 5.74) is 1.98. The van der Waals surface area contributed by atoms with E-state index in [1.54, 1.807) is 0 Å². The maximum absolute atomic E-state index is 12.4. The monoisotopic (exact) mass is 383 g/mol. The predicted molar refractivity (Wildman–Crippen MR) is 104 cm³/mol. The Kier molecular flexibility index (Phi) is 5.46. The average molecular weight is 383 g/mol. The number of hydrogen-bond donors (Lipinski definition) is 0. The van der Waals surface area contributed by atoms with Crippen LogP contribution in [0.3, 0.4) is 0 Å². The van der Waals surface area contributed by atoms with Crippen molar-refractivity contribution >= 4 is 6.21 Å². The lowest BCUT2D eigenvalue weighted by Gasteiger charge is -2.23. The van der Waals surface area contributed by atoms with E-state index in [4.69, 9.17) is 18.9 Å². The van der Waals surface area contributed by atoms with Gasteiger partial charge >= 0.3 is 0 Å². The molecule has 2 aliphatic heterocycles. The standard InChI is InChI=1S/C22H25NO5/c1-22(2)27-19-18(14-23(24)13-16-9-5-3-6-10-16)26-21(20(19)28-22)25-15-17-11-7-4-8-12-17/h3-12,14,18-21H,13,15H2,1-2H3/b23-14-/t18-,19+,20+,21+/m1/s1. The van der Waals surface area contributed by atoms with E-state index >= 15 is 0 Å². The van der Waals surface area contributed by atoms with Gasteiger partial charge < -0.3 is 24.2 Å². The molecule has 0 N–H and O–H groups in total. The van der Waals surface area contributed by atoms with E-state index in [1.807, 2.05) is 74.5 Å². The van der Waals surface area contributed by atoms with Crippen LogP contribution < -0.4 is 0 Å². The minimum absolute atomic E-state index is 0.248. The molecule has 0 amide bonds. The van der Waals surface area contributed by atoms with E-state index in [-0.39, 0.29) is 18.8 Å². The fourth-order valence-electron chi connectivity index (χ4n) is 3.58. The summed E-state index contributed by atoms with van der Waals surface area (Å²) in [7, 11) is 0. The van der Waals surface area contributed by atoms with Crippen LogP contribution in [0.5, 0.6) is 0 Å². The summed E-state index contributed by atoms with van der Waals surface area (Å²) in [4.78, 5) is 0. The third-order valence-electron chi connectivity index (χ3n) is 4.80. The largest absolute Gasteiger partial charge is 0.624 e. The fraction of sp³-hybridized carbons (Fsp3) is 0.409. The van der Waals surface area contributed by atoms with E-state index < -0.39 is 18.2 Å². The lowest BCUT2D eigenvalue weighted by Crippen LogP contribution is -2.32. The Morgan fingerprint density at radius 3 is 2.25 bits per heavy atom. The van der Waals surface area contributed by atoms with Gasteiger partial charge in [-0.25, -0.2) is 4.74 Å². The zero-order valence-electron chi connectivity index (χ0n) is 16.1. The van der Waals surface area contributed by atoms with Gasteiger partial charge in [-0.2, -0.15) is 0 Å². The Balaban J connectivity index is 1.46. The number of fused-ring (bicyclic) bond motifs is 1. The Labute approximate surface area is 164 Å². The van der Waals surface area contributed by atoms with Crippen LogP contribution in [0.1, 0.15) is 25.0 Å². The van der Waals surface area contributed by atoms with E-state index in [0.29, 0.717) is 6.61 Å². The first kappa shape index (κ1) is 19.1. The van der Waals surface area contributed by atoms with Gasteiger partial charge in [-0.05, 0) is 19.4 Å². The van der Waals surface area contributed by atoms with Crippen molar-refractivity contribution in [3.8, 4) is 0 Å². The van der Waals surface area contributed by atoms with Crippen molar-refractivity contribution in [2.45, 2.75) is 57.4 Å². The van der Waals surface area contributed by atoms with Crippen molar-refractivity contribution in [2.75, 3.05) is 0 Å². The molecule has 2 aliphatic rings. The van der Waals surface area contributed by atoms with Gasteiger partial charge in [0.05, 0.1) is 6.61 Å². The molecule has 6 nitrogen and oxygen atoms in total. The van der Waals surface area contributed by atoms with E-state index in [1.165, 1.54) is 6.21 Å². The summed E-state index contributed by atoms with van der Waals surface area (Å²) in [6.45, 7) is 4.36. The highest BCUT2D eigenvalue weighted by atomic mass is 16.8. The molecule has 0 unspecified atom stereocenters. The maximum Gasteiger partial charge on any atom is 0.188 e. The molecule has 0 radical (unpaired) electrons. The molecule has 0 aliphatic carbocycles. The molecule has 6 heteroatoms. The first-order valence-corrected chi connectivity index (χ1v) is 9.49. The zero-order chi connectivity index (χ0) is 19.6. The van der Waals surface area contributed by atoms with Crippen LogP contribution in [0.25, 0.3) is 0 Å². The number of nitrogens with zero attached hydrogens (tertiary/aromatic N) is 1. The average Bonchev–Trinajstić information content (AvgIpc) is 3.15. The van der Waals surface area contributed by atoms with Gasteiger partial charge in [0.1, 0.15) is 12.2 Å². The van der Waals surface area contributed by atoms with Crippen molar-refractivity contribution in [1.82, 2.24) is 0 Å². The lowest BCUT2D eigenvalue weighted by molar-refractivity contribution is -0.473. The summed E-state index contributed by atoms with van der Waals surface area (Å²) in [5, 5.41) is 12.4. The highest BCUT2D eigenvalue weighted by Gasteiger charge is 2.56. The van der Waals surface area contributed by atoms with Gasteiger partial charge in [0.15, 0.2) is 30.9 Å². The minimum atomic E-state index is -0.743. The first-order valence-electron chi connectivity index (χ1n) is 9.49. The van der Waals surface area contributed by atoms with Crippen molar-refractivity contribution in [1.29, 1.82) is 0 Å². The van der Waals surface area contributed by atoms with Gasteiger partial charge in [-0.3, -0.25) is 0 Å². The molecule has 2 aromatic carbocycles. The molecular formula is C22H25NO5. The lowest BCUT2D eigenvalue weighted by atomic mass is 10.1. The molecule has 2 aromatic rings. The summed E-state index contributed by atoms with van der Waals surface area (Å²) in [6, 6.07) is 19.5. The smallest absolute Gasteiger partial charge is 0.188 e. The Hall–Kier alpha value is -2.25. The Morgan fingerprint density at radius 1 is 0.964 bits per heavy atom. The van der Waals surface area contributed by atoms with E-state index in [0.717, 1.165) is 15.9 Å². The SMILES string of the molecule is CC1(C)O[C@@H]2[C@@H](OCc3ccccc3)O[C@H](/C=[N+](\[O-])Cc3ccccc3)[C@@H]2O1. The second-order valence-corrected chi connectivity index (χ2v) is 7.54. The number of rotatable bonds is 6. The molecule has 2 fully saturated rings. The van der Waals surface area contributed by atoms with Crippen LogP contribution in [0.15, 0.2) is 60.7 Å². The van der Waals surface area contributed by atoms with Crippen LogP contribution in [0, 0.1) is 5.21 Å². The van der Waals surface area contributed by atoms with Crippen molar-refractivity contribution in [3.05, 3.63) is 77.0 Å². The number of ether oxygens (including phenoxy) is 4. The Bertz CT molecular complexity index is 808. The van der Waals surface area contributed by atoms with Crippen LogP contribution in [0.4, 0.5) is 0 Å². The predicted octanol–water partition coefficient (Wildman–Crippen LogP) is 3.23. The Morgan fingerprint density at radius 2 is 1.57 bits per heavy atom. The molecule has 0 spiro atoms. The van der Waals surface area contributed by atoms with Gasteiger partial charge in [-0.1, -0.05) is 60.7 Å².